The lowest BCUT2D eigenvalue weighted by atomic mass is 10.1. The molecule has 3 aromatic rings. The Morgan fingerprint density at radius 1 is 1.17 bits per heavy atom. The number of aromatic nitrogens is 4. The van der Waals surface area contributed by atoms with Crippen LogP contribution < -0.4 is 26.0 Å². The number of nitrogens with zero attached hydrogens (tertiary/aromatic N) is 4. The van der Waals surface area contributed by atoms with E-state index in [9.17, 15) is 14.4 Å². The quantitative estimate of drug-likeness (QED) is 0.666. The van der Waals surface area contributed by atoms with Crippen LogP contribution in [0.5, 0.6) is 11.5 Å². The Hall–Kier alpha value is -3.56. The molecule has 29 heavy (non-hydrogen) atoms. The van der Waals surface area contributed by atoms with E-state index in [4.69, 9.17) is 9.47 Å². The highest BCUT2D eigenvalue weighted by Crippen LogP contribution is 2.32. The molecule has 0 unspecified atom stereocenters. The smallest absolute Gasteiger partial charge is 0.332 e. The Labute approximate surface area is 165 Å². The Balaban J connectivity index is 1.55. The third-order valence-corrected chi connectivity index (χ3v) is 4.97. The van der Waals surface area contributed by atoms with Crippen LogP contribution in [0.3, 0.4) is 0 Å². The third-order valence-electron chi connectivity index (χ3n) is 4.97. The Kier molecular flexibility index (Phi) is 4.61. The molecule has 3 heterocycles. The predicted molar refractivity (Wildman–Crippen MR) is 104 cm³/mol. The van der Waals surface area contributed by atoms with Crippen LogP contribution in [0, 0.1) is 0 Å². The molecule has 0 fully saturated rings. The highest BCUT2D eigenvalue weighted by atomic mass is 16.6. The first-order valence-electron chi connectivity index (χ1n) is 9.16. The van der Waals surface area contributed by atoms with Crippen molar-refractivity contribution in [2.24, 2.45) is 14.1 Å². The minimum absolute atomic E-state index is 0.0984. The number of benzene rings is 1. The summed E-state index contributed by atoms with van der Waals surface area (Å²) in [6.45, 7) is 2.77. The van der Waals surface area contributed by atoms with E-state index in [1.807, 2.05) is 25.1 Å². The van der Waals surface area contributed by atoms with Crippen LogP contribution >= 0.6 is 0 Å². The van der Waals surface area contributed by atoms with Crippen molar-refractivity contribution in [2.75, 3.05) is 13.2 Å². The molecule has 1 aromatic carbocycles. The van der Waals surface area contributed by atoms with Gasteiger partial charge in [-0.1, -0.05) is 6.07 Å². The van der Waals surface area contributed by atoms with E-state index >= 15 is 0 Å². The molecule has 0 bridgehead atoms. The van der Waals surface area contributed by atoms with Gasteiger partial charge >= 0.3 is 5.69 Å². The van der Waals surface area contributed by atoms with Gasteiger partial charge in [-0.05, 0) is 24.6 Å². The minimum Gasteiger partial charge on any atom is -0.486 e. The SMILES string of the molecule is C[C@H](NC(=O)Cn1cnc2c1c(=O)n(C)c(=O)n2C)c1ccc2c(c1)OCCO2. The van der Waals surface area contributed by atoms with Gasteiger partial charge in [-0.2, -0.15) is 0 Å². The van der Waals surface area contributed by atoms with Crippen LogP contribution in [0.4, 0.5) is 0 Å². The fourth-order valence-corrected chi connectivity index (χ4v) is 3.37. The summed E-state index contributed by atoms with van der Waals surface area (Å²) in [5.74, 6) is 1.05. The molecule has 0 spiro atoms. The van der Waals surface area contributed by atoms with Crippen LogP contribution in [0.15, 0.2) is 34.1 Å². The zero-order chi connectivity index (χ0) is 20.7. The first-order chi connectivity index (χ1) is 13.9. The van der Waals surface area contributed by atoms with E-state index in [1.165, 1.54) is 29.6 Å². The summed E-state index contributed by atoms with van der Waals surface area (Å²) < 4.78 is 14.8. The van der Waals surface area contributed by atoms with Gasteiger partial charge in [-0.25, -0.2) is 9.78 Å². The normalized spacial score (nSPS) is 14.0. The third kappa shape index (κ3) is 3.26. The summed E-state index contributed by atoms with van der Waals surface area (Å²) in [6, 6.07) is 5.26. The van der Waals surface area contributed by atoms with Gasteiger partial charge in [0.15, 0.2) is 22.7 Å². The van der Waals surface area contributed by atoms with Gasteiger partial charge in [0.2, 0.25) is 5.91 Å². The van der Waals surface area contributed by atoms with Crippen molar-refractivity contribution >= 4 is 17.1 Å². The van der Waals surface area contributed by atoms with Crippen LogP contribution in [0.2, 0.25) is 0 Å². The van der Waals surface area contributed by atoms with Crippen molar-refractivity contribution in [3.63, 3.8) is 0 Å². The van der Waals surface area contributed by atoms with Gasteiger partial charge in [0.05, 0.1) is 12.4 Å². The maximum absolute atomic E-state index is 12.6. The molecule has 0 saturated heterocycles. The van der Waals surface area contributed by atoms with E-state index in [2.05, 4.69) is 10.3 Å². The highest BCUT2D eigenvalue weighted by Gasteiger charge is 2.18. The molecule has 0 saturated carbocycles. The summed E-state index contributed by atoms with van der Waals surface area (Å²) in [5, 5.41) is 2.90. The van der Waals surface area contributed by atoms with Gasteiger partial charge in [-0.15, -0.1) is 0 Å². The topological polar surface area (TPSA) is 109 Å². The number of fused-ring (bicyclic) bond motifs is 2. The fourth-order valence-electron chi connectivity index (χ4n) is 3.37. The van der Waals surface area contributed by atoms with E-state index < -0.39 is 11.2 Å². The van der Waals surface area contributed by atoms with E-state index in [0.29, 0.717) is 24.7 Å². The highest BCUT2D eigenvalue weighted by molar-refractivity contribution is 5.79. The molecule has 0 aliphatic carbocycles. The minimum atomic E-state index is -0.492. The van der Waals surface area contributed by atoms with Gasteiger partial charge < -0.3 is 19.4 Å². The van der Waals surface area contributed by atoms with Gasteiger partial charge in [0.25, 0.3) is 5.56 Å². The van der Waals surface area contributed by atoms with Gasteiger partial charge in [0.1, 0.15) is 19.8 Å². The predicted octanol–water partition coefficient (Wildman–Crippen LogP) is 0.0823. The Morgan fingerprint density at radius 3 is 2.66 bits per heavy atom. The number of nitrogens with one attached hydrogen (secondary N) is 1. The van der Waals surface area contributed by atoms with Crippen LogP contribution in [0.1, 0.15) is 18.5 Å². The molecule has 4 rings (SSSR count). The Bertz CT molecular complexity index is 1220. The fraction of sp³-hybridized carbons (Fsp3) is 0.368. The molecule has 1 amide bonds. The first-order valence-corrected chi connectivity index (χ1v) is 9.16. The average Bonchev–Trinajstić information content (AvgIpc) is 3.13. The van der Waals surface area contributed by atoms with Crippen molar-refractivity contribution in [1.29, 1.82) is 0 Å². The second-order valence-corrected chi connectivity index (χ2v) is 6.94. The zero-order valence-electron chi connectivity index (χ0n) is 16.3. The molecule has 10 heteroatoms. The van der Waals surface area contributed by atoms with E-state index in [1.54, 1.807) is 0 Å². The summed E-state index contributed by atoms with van der Waals surface area (Å²) in [4.78, 5) is 41.2. The molecular formula is C19H21N5O5. The number of amides is 1. The Morgan fingerprint density at radius 2 is 1.90 bits per heavy atom. The number of ether oxygens (including phenoxy) is 2. The van der Waals surface area contributed by atoms with Crippen molar-refractivity contribution in [3.05, 3.63) is 50.9 Å². The number of carbonyl (C=O) groups is 1. The molecular weight excluding hydrogens is 378 g/mol. The summed E-state index contributed by atoms with van der Waals surface area (Å²) >= 11 is 0. The van der Waals surface area contributed by atoms with Crippen molar-refractivity contribution < 1.29 is 14.3 Å². The molecule has 152 valence electrons. The summed E-state index contributed by atoms with van der Waals surface area (Å²) in [7, 11) is 2.93. The zero-order valence-corrected chi connectivity index (χ0v) is 16.3. The lowest BCUT2D eigenvalue weighted by Crippen LogP contribution is -2.38. The lowest BCUT2D eigenvalue weighted by Gasteiger charge is -2.21. The van der Waals surface area contributed by atoms with Crippen LogP contribution in [-0.4, -0.2) is 37.8 Å². The molecule has 1 aliphatic rings. The molecule has 10 nitrogen and oxygen atoms in total. The lowest BCUT2D eigenvalue weighted by molar-refractivity contribution is -0.122. The number of rotatable bonds is 4. The largest absolute Gasteiger partial charge is 0.486 e. The standard InChI is InChI=1S/C19H21N5O5/c1-11(12-4-5-13-14(8-12)29-7-6-28-13)21-15(25)9-24-10-20-17-16(24)18(26)23(3)19(27)22(17)2/h4-5,8,10-11H,6-7,9H2,1-3H3,(H,21,25)/t11-/m0/s1. The van der Waals surface area contributed by atoms with E-state index in [0.717, 1.165) is 10.1 Å². The molecule has 0 radical (unpaired) electrons. The van der Waals surface area contributed by atoms with Gasteiger partial charge in [-0.3, -0.25) is 18.7 Å². The van der Waals surface area contributed by atoms with Crippen molar-refractivity contribution in [2.45, 2.75) is 19.5 Å². The first kappa shape index (κ1) is 18.8. The number of hydrogen-bond donors (Lipinski definition) is 1. The van der Waals surface area contributed by atoms with Crippen LogP contribution in [0.25, 0.3) is 11.2 Å². The molecule has 1 atom stereocenters. The second-order valence-electron chi connectivity index (χ2n) is 6.94. The monoisotopic (exact) mass is 399 g/mol. The van der Waals surface area contributed by atoms with Crippen molar-refractivity contribution in [3.8, 4) is 11.5 Å². The molecule has 1 aliphatic heterocycles. The molecule has 1 N–H and O–H groups in total. The average molecular weight is 399 g/mol. The summed E-state index contributed by atoms with van der Waals surface area (Å²) in [5.41, 5.74) is 0.358. The number of imidazole rings is 1. The number of aryl methyl sites for hydroxylation is 1. The number of hydrogen-bond acceptors (Lipinski definition) is 6. The number of carbonyl (C=O) groups excluding carboxylic acids is 1. The maximum Gasteiger partial charge on any atom is 0.332 e. The second kappa shape index (κ2) is 7.12. The van der Waals surface area contributed by atoms with Crippen molar-refractivity contribution in [1.82, 2.24) is 24.0 Å². The van der Waals surface area contributed by atoms with Gasteiger partial charge in [0, 0.05) is 14.1 Å². The summed E-state index contributed by atoms with van der Waals surface area (Å²) in [6.07, 6.45) is 1.39. The molecule has 2 aromatic heterocycles. The van der Waals surface area contributed by atoms with E-state index in [-0.39, 0.29) is 29.7 Å². The maximum atomic E-state index is 12.6. The van der Waals surface area contributed by atoms with Crippen LogP contribution in [-0.2, 0) is 25.4 Å².